The van der Waals surface area contributed by atoms with Gasteiger partial charge >= 0.3 is 5.91 Å². The van der Waals surface area contributed by atoms with Crippen molar-refractivity contribution in [3.63, 3.8) is 0 Å². The summed E-state index contributed by atoms with van der Waals surface area (Å²) in [5, 5.41) is 0.843. The Morgan fingerprint density at radius 1 is 1.15 bits per heavy atom. The number of rotatable bonds is 5. The number of amides is 2. The van der Waals surface area contributed by atoms with E-state index in [1.807, 2.05) is 18.2 Å². The maximum Gasteiger partial charge on any atom is 0.305 e. The molecule has 0 bridgehead atoms. The molecule has 140 valence electrons. The van der Waals surface area contributed by atoms with Crippen LogP contribution in [0.3, 0.4) is 0 Å². The SMILES string of the molecule is COc1ccc(CCC(=O)NNC(=O)c2oc3ccccc3c2C)cc1F. The lowest BCUT2D eigenvalue weighted by Gasteiger charge is -2.07. The van der Waals surface area contributed by atoms with Crippen molar-refractivity contribution in [1.29, 1.82) is 0 Å². The molecule has 1 heterocycles. The van der Waals surface area contributed by atoms with Crippen LogP contribution in [0.4, 0.5) is 4.39 Å². The minimum atomic E-state index is -0.535. The molecule has 3 rings (SSSR count). The van der Waals surface area contributed by atoms with Gasteiger partial charge in [0.2, 0.25) is 5.91 Å². The van der Waals surface area contributed by atoms with Gasteiger partial charge in [-0.2, -0.15) is 0 Å². The number of fused-ring (bicyclic) bond motifs is 1. The predicted octanol–water partition coefficient (Wildman–Crippen LogP) is 3.28. The lowest BCUT2D eigenvalue weighted by atomic mass is 10.1. The zero-order valence-corrected chi connectivity index (χ0v) is 15.0. The summed E-state index contributed by atoms with van der Waals surface area (Å²) in [6, 6.07) is 11.8. The molecule has 2 aromatic carbocycles. The van der Waals surface area contributed by atoms with Gasteiger partial charge in [-0.05, 0) is 37.1 Å². The first-order valence-electron chi connectivity index (χ1n) is 8.39. The molecular weight excluding hydrogens is 351 g/mol. The largest absolute Gasteiger partial charge is 0.494 e. The van der Waals surface area contributed by atoms with Crippen molar-refractivity contribution in [2.45, 2.75) is 19.8 Å². The van der Waals surface area contributed by atoms with E-state index in [-0.39, 0.29) is 17.9 Å². The van der Waals surface area contributed by atoms with Gasteiger partial charge in [-0.3, -0.25) is 20.4 Å². The molecule has 0 radical (unpaired) electrons. The second kappa shape index (κ2) is 7.90. The molecule has 0 fully saturated rings. The summed E-state index contributed by atoms with van der Waals surface area (Å²) in [6.45, 7) is 1.78. The molecule has 7 heteroatoms. The summed E-state index contributed by atoms with van der Waals surface area (Å²) in [4.78, 5) is 24.2. The van der Waals surface area contributed by atoms with Gasteiger partial charge in [0.05, 0.1) is 7.11 Å². The Balaban J connectivity index is 1.54. The number of hydrogen-bond donors (Lipinski definition) is 2. The number of aryl methyl sites for hydroxylation is 2. The van der Waals surface area contributed by atoms with Crippen LogP contribution < -0.4 is 15.6 Å². The third kappa shape index (κ3) is 4.08. The van der Waals surface area contributed by atoms with E-state index in [4.69, 9.17) is 9.15 Å². The third-order valence-corrected chi connectivity index (χ3v) is 4.22. The molecule has 0 aliphatic rings. The molecule has 0 unspecified atom stereocenters. The highest BCUT2D eigenvalue weighted by Crippen LogP contribution is 2.24. The molecule has 0 aliphatic heterocycles. The van der Waals surface area contributed by atoms with E-state index in [1.54, 1.807) is 19.1 Å². The van der Waals surface area contributed by atoms with Crippen LogP contribution in [0.5, 0.6) is 5.75 Å². The monoisotopic (exact) mass is 370 g/mol. The first kappa shape index (κ1) is 18.4. The highest BCUT2D eigenvalue weighted by molar-refractivity contribution is 5.99. The molecule has 3 aromatic rings. The molecule has 0 saturated carbocycles. The van der Waals surface area contributed by atoms with E-state index in [2.05, 4.69) is 10.9 Å². The number of halogens is 1. The highest BCUT2D eigenvalue weighted by atomic mass is 19.1. The zero-order chi connectivity index (χ0) is 19.4. The van der Waals surface area contributed by atoms with E-state index in [0.29, 0.717) is 23.1 Å². The minimum absolute atomic E-state index is 0.0885. The number of nitrogens with one attached hydrogen (secondary N) is 2. The maximum absolute atomic E-state index is 13.6. The Hall–Kier alpha value is -3.35. The second-order valence-corrected chi connectivity index (χ2v) is 6.02. The average molecular weight is 370 g/mol. The quantitative estimate of drug-likeness (QED) is 0.676. The van der Waals surface area contributed by atoms with Crippen LogP contribution in [0, 0.1) is 12.7 Å². The van der Waals surface area contributed by atoms with Crippen LogP contribution in [-0.2, 0) is 11.2 Å². The van der Waals surface area contributed by atoms with E-state index < -0.39 is 17.6 Å². The second-order valence-electron chi connectivity index (χ2n) is 6.02. The fourth-order valence-corrected chi connectivity index (χ4v) is 2.76. The van der Waals surface area contributed by atoms with Crippen molar-refractivity contribution in [2.75, 3.05) is 7.11 Å². The van der Waals surface area contributed by atoms with Crippen molar-refractivity contribution in [3.05, 3.63) is 65.2 Å². The highest BCUT2D eigenvalue weighted by Gasteiger charge is 2.17. The molecule has 0 spiro atoms. The number of methoxy groups -OCH3 is 1. The van der Waals surface area contributed by atoms with Crippen LogP contribution in [0.15, 0.2) is 46.9 Å². The number of carbonyl (C=O) groups is 2. The van der Waals surface area contributed by atoms with Crippen LogP contribution >= 0.6 is 0 Å². The predicted molar refractivity (Wildman–Crippen MR) is 97.8 cm³/mol. The van der Waals surface area contributed by atoms with Crippen LogP contribution in [0.1, 0.15) is 28.1 Å². The molecule has 6 nitrogen and oxygen atoms in total. The summed E-state index contributed by atoms with van der Waals surface area (Å²) < 4.78 is 24.0. The first-order chi connectivity index (χ1) is 13.0. The Morgan fingerprint density at radius 3 is 2.63 bits per heavy atom. The fourth-order valence-electron chi connectivity index (χ4n) is 2.76. The van der Waals surface area contributed by atoms with Gasteiger partial charge in [-0.1, -0.05) is 24.3 Å². The molecule has 0 atom stereocenters. The smallest absolute Gasteiger partial charge is 0.305 e. The maximum atomic E-state index is 13.6. The summed E-state index contributed by atoms with van der Waals surface area (Å²) in [5.41, 5.74) is 6.64. The van der Waals surface area contributed by atoms with E-state index in [1.165, 1.54) is 19.2 Å². The number of benzene rings is 2. The Kier molecular flexibility index (Phi) is 5.40. The summed E-state index contributed by atoms with van der Waals surface area (Å²) in [5.74, 6) is -1.12. The zero-order valence-electron chi connectivity index (χ0n) is 15.0. The van der Waals surface area contributed by atoms with Crippen molar-refractivity contribution in [1.82, 2.24) is 10.9 Å². The van der Waals surface area contributed by atoms with E-state index in [0.717, 1.165) is 5.39 Å². The van der Waals surface area contributed by atoms with Crippen molar-refractivity contribution < 1.29 is 23.1 Å². The van der Waals surface area contributed by atoms with Gasteiger partial charge in [0.25, 0.3) is 0 Å². The first-order valence-corrected chi connectivity index (χ1v) is 8.39. The molecule has 27 heavy (non-hydrogen) atoms. The lowest BCUT2D eigenvalue weighted by molar-refractivity contribution is -0.121. The van der Waals surface area contributed by atoms with Crippen LogP contribution in [0.2, 0.25) is 0 Å². The summed E-state index contributed by atoms with van der Waals surface area (Å²) in [6.07, 6.45) is 0.414. The standard InChI is InChI=1S/C20H19FN2O4/c1-12-14-5-3-4-6-16(14)27-19(12)20(25)23-22-18(24)10-8-13-7-9-17(26-2)15(21)11-13/h3-7,9,11H,8,10H2,1-2H3,(H,22,24)(H,23,25). The summed E-state index contributed by atoms with van der Waals surface area (Å²) in [7, 11) is 1.39. The van der Waals surface area contributed by atoms with Gasteiger partial charge in [-0.15, -0.1) is 0 Å². The Labute approximate surface area is 155 Å². The number of furan rings is 1. The molecule has 0 saturated heterocycles. The third-order valence-electron chi connectivity index (χ3n) is 4.22. The average Bonchev–Trinajstić information content (AvgIpc) is 3.01. The molecular formula is C20H19FN2O4. The van der Waals surface area contributed by atoms with Gasteiger partial charge in [0.1, 0.15) is 5.58 Å². The number of ether oxygens (including phenoxy) is 1. The topological polar surface area (TPSA) is 80.6 Å². The van der Waals surface area contributed by atoms with Crippen molar-refractivity contribution in [2.24, 2.45) is 0 Å². The Bertz CT molecular complexity index is 997. The lowest BCUT2D eigenvalue weighted by Crippen LogP contribution is -2.41. The van der Waals surface area contributed by atoms with Gasteiger partial charge in [0, 0.05) is 17.4 Å². The van der Waals surface area contributed by atoms with Crippen molar-refractivity contribution >= 4 is 22.8 Å². The van der Waals surface area contributed by atoms with E-state index in [9.17, 15) is 14.0 Å². The molecule has 1 aromatic heterocycles. The number of para-hydroxylation sites is 1. The molecule has 2 N–H and O–H groups in total. The van der Waals surface area contributed by atoms with Gasteiger partial charge in [-0.25, -0.2) is 4.39 Å². The normalized spacial score (nSPS) is 10.6. The fraction of sp³-hybridized carbons (Fsp3) is 0.200. The van der Waals surface area contributed by atoms with Gasteiger partial charge < -0.3 is 9.15 Å². The van der Waals surface area contributed by atoms with E-state index >= 15 is 0 Å². The minimum Gasteiger partial charge on any atom is -0.494 e. The molecule has 2 amide bonds. The van der Waals surface area contributed by atoms with Crippen molar-refractivity contribution in [3.8, 4) is 5.75 Å². The van der Waals surface area contributed by atoms with Crippen LogP contribution in [-0.4, -0.2) is 18.9 Å². The number of carbonyl (C=O) groups excluding carboxylic acids is 2. The summed E-state index contributed by atoms with van der Waals surface area (Å²) >= 11 is 0. The number of hydrogen-bond acceptors (Lipinski definition) is 4. The number of hydrazine groups is 1. The molecule has 0 aliphatic carbocycles. The van der Waals surface area contributed by atoms with Crippen LogP contribution in [0.25, 0.3) is 11.0 Å². The van der Waals surface area contributed by atoms with Gasteiger partial charge in [0.15, 0.2) is 17.3 Å². The Morgan fingerprint density at radius 2 is 1.93 bits per heavy atom.